The molecule has 0 N–H and O–H groups in total. The first-order valence-electron chi connectivity index (χ1n) is 7.00. The van der Waals surface area contributed by atoms with E-state index in [9.17, 15) is 4.79 Å². The Morgan fingerprint density at radius 3 is 1.75 bits per heavy atom. The van der Waals surface area contributed by atoms with Crippen LogP contribution in [-0.4, -0.2) is 6.29 Å². The molecule has 0 aromatic carbocycles. The lowest BCUT2D eigenvalue weighted by Gasteiger charge is -1.97. The van der Waals surface area contributed by atoms with Gasteiger partial charge in [0.15, 0.2) is 0 Å². The minimum absolute atomic E-state index is 0.747. The molecule has 0 amide bonds. The summed E-state index contributed by atoms with van der Waals surface area (Å²) in [5.74, 6) is 0. The van der Waals surface area contributed by atoms with Crippen LogP contribution >= 0.6 is 0 Å². The second kappa shape index (κ2) is 14.4. The van der Waals surface area contributed by atoms with Gasteiger partial charge in [0, 0.05) is 6.42 Å². The summed E-state index contributed by atoms with van der Waals surface area (Å²) in [5.41, 5.74) is 0. The number of allylic oxidation sites excluding steroid dienone is 2. The highest BCUT2D eigenvalue weighted by molar-refractivity contribution is 5.48. The Morgan fingerprint density at radius 2 is 1.19 bits per heavy atom. The van der Waals surface area contributed by atoms with Crippen LogP contribution in [0.15, 0.2) is 12.2 Å². The first-order chi connectivity index (χ1) is 7.91. The van der Waals surface area contributed by atoms with E-state index in [0.29, 0.717) is 0 Å². The molecule has 0 saturated carbocycles. The summed E-state index contributed by atoms with van der Waals surface area (Å²) in [6, 6.07) is 0. The van der Waals surface area contributed by atoms with Crippen molar-refractivity contribution >= 4 is 6.29 Å². The van der Waals surface area contributed by atoms with Crippen molar-refractivity contribution in [3.05, 3.63) is 12.2 Å². The summed E-state index contributed by atoms with van der Waals surface area (Å²) in [7, 11) is 0. The van der Waals surface area contributed by atoms with Crippen LogP contribution in [0.5, 0.6) is 0 Å². The van der Waals surface area contributed by atoms with E-state index in [1.807, 2.05) is 0 Å². The summed E-state index contributed by atoms with van der Waals surface area (Å²) in [5, 5.41) is 0. The lowest BCUT2D eigenvalue weighted by Crippen LogP contribution is -1.80. The second-order valence-electron chi connectivity index (χ2n) is 4.48. The quantitative estimate of drug-likeness (QED) is 0.257. The van der Waals surface area contributed by atoms with Gasteiger partial charge in [0.05, 0.1) is 0 Å². The van der Waals surface area contributed by atoms with Crippen LogP contribution in [0.25, 0.3) is 0 Å². The van der Waals surface area contributed by atoms with Gasteiger partial charge in [-0.1, -0.05) is 51.2 Å². The Hall–Kier alpha value is -0.590. The smallest absolute Gasteiger partial charge is 0.119 e. The Morgan fingerprint density at radius 1 is 0.688 bits per heavy atom. The van der Waals surface area contributed by atoms with E-state index in [1.165, 1.54) is 57.8 Å². The molecule has 0 aromatic rings. The number of hydrogen-bond donors (Lipinski definition) is 0. The van der Waals surface area contributed by atoms with Crippen LogP contribution in [-0.2, 0) is 4.79 Å². The molecule has 0 aliphatic rings. The highest BCUT2D eigenvalue weighted by atomic mass is 16.1. The molecule has 0 unspecified atom stereocenters. The van der Waals surface area contributed by atoms with Crippen LogP contribution in [0.3, 0.4) is 0 Å². The first-order valence-corrected chi connectivity index (χ1v) is 7.00. The van der Waals surface area contributed by atoms with Crippen LogP contribution < -0.4 is 0 Å². The van der Waals surface area contributed by atoms with E-state index in [0.717, 1.165) is 19.1 Å². The van der Waals surface area contributed by atoms with Gasteiger partial charge in [0.25, 0.3) is 0 Å². The molecule has 0 spiro atoms. The van der Waals surface area contributed by atoms with E-state index in [-0.39, 0.29) is 0 Å². The summed E-state index contributed by atoms with van der Waals surface area (Å²) < 4.78 is 0. The largest absolute Gasteiger partial charge is 0.303 e. The SMILES string of the molecule is CCCCC/C=C\CCCCCCCC=O. The topological polar surface area (TPSA) is 17.1 Å². The first kappa shape index (κ1) is 15.4. The average molecular weight is 224 g/mol. The molecule has 0 rings (SSSR count). The zero-order valence-electron chi connectivity index (χ0n) is 10.9. The molecule has 1 nitrogen and oxygen atoms in total. The Balaban J connectivity index is 2.99. The van der Waals surface area contributed by atoms with E-state index in [1.54, 1.807) is 0 Å². The third-order valence-electron chi connectivity index (χ3n) is 2.83. The molecule has 16 heavy (non-hydrogen) atoms. The maximum Gasteiger partial charge on any atom is 0.119 e. The molecule has 1 heteroatoms. The minimum Gasteiger partial charge on any atom is -0.303 e. The van der Waals surface area contributed by atoms with Crippen molar-refractivity contribution in [1.82, 2.24) is 0 Å². The van der Waals surface area contributed by atoms with Crippen molar-refractivity contribution in [3.63, 3.8) is 0 Å². The van der Waals surface area contributed by atoms with Crippen LogP contribution in [0.2, 0.25) is 0 Å². The van der Waals surface area contributed by atoms with Crippen LogP contribution in [0, 0.1) is 0 Å². The van der Waals surface area contributed by atoms with Gasteiger partial charge in [0.1, 0.15) is 6.29 Å². The monoisotopic (exact) mass is 224 g/mol. The Kier molecular flexibility index (Phi) is 13.9. The fourth-order valence-corrected chi connectivity index (χ4v) is 1.77. The normalized spacial score (nSPS) is 11.1. The fourth-order valence-electron chi connectivity index (χ4n) is 1.77. The molecule has 0 radical (unpaired) electrons. The fraction of sp³-hybridized carbons (Fsp3) is 0.800. The van der Waals surface area contributed by atoms with Gasteiger partial charge in [-0.2, -0.15) is 0 Å². The molecule has 0 fully saturated rings. The number of carbonyl (C=O) groups is 1. The zero-order valence-corrected chi connectivity index (χ0v) is 10.9. The highest BCUT2D eigenvalue weighted by Crippen LogP contribution is 2.07. The van der Waals surface area contributed by atoms with Gasteiger partial charge in [-0.25, -0.2) is 0 Å². The predicted molar refractivity (Wildman–Crippen MR) is 71.7 cm³/mol. The van der Waals surface area contributed by atoms with Crippen molar-refractivity contribution < 1.29 is 4.79 Å². The third kappa shape index (κ3) is 13.4. The molecule has 0 saturated heterocycles. The van der Waals surface area contributed by atoms with Crippen LogP contribution in [0.1, 0.15) is 77.6 Å². The Labute approximate surface area is 101 Å². The van der Waals surface area contributed by atoms with E-state index < -0.39 is 0 Å². The average Bonchev–Trinajstić information content (AvgIpc) is 2.31. The van der Waals surface area contributed by atoms with Gasteiger partial charge in [-0.15, -0.1) is 0 Å². The van der Waals surface area contributed by atoms with Gasteiger partial charge < -0.3 is 4.79 Å². The molecule has 0 aromatic heterocycles. The lowest BCUT2D eigenvalue weighted by atomic mass is 10.1. The third-order valence-corrected chi connectivity index (χ3v) is 2.83. The molecular formula is C15H28O. The van der Waals surface area contributed by atoms with Crippen LogP contribution in [0.4, 0.5) is 0 Å². The molecule has 0 heterocycles. The molecule has 0 aliphatic carbocycles. The molecular weight excluding hydrogens is 196 g/mol. The van der Waals surface area contributed by atoms with Gasteiger partial charge in [-0.3, -0.25) is 0 Å². The van der Waals surface area contributed by atoms with Crippen molar-refractivity contribution in [1.29, 1.82) is 0 Å². The summed E-state index contributed by atoms with van der Waals surface area (Å²) >= 11 is 0. The lowest BCUT2D eigenvalue weighted by molar-refractivity contribution is -0.107. The highest BCUT2D eigenvalue weighted by Gasteiger charge is 1.89. The molecule has 94 valence electrons. The number of hydrogen-bond acceptors (Lipinski definition) is 1. The minimum atomic E-state index is 0.747. The summed E-state index contributed by atoms with van der Waals surface area (Å²) in [6.45, 7) is 2.24. The number of carbonyl (C=O) groups excluding carboxylic acids is 1. The van der Waals surface area contributed by atoms with Crippen molar-refractivity contribution in [2.45, 2.75) is 77.6 Å². The van der Waals surface area contributed by atoms with Gasteiger partial charge in [-0.05, 0) is 32.1 Å². The van der Waals surface area contributed by atoms with E-state index >= 15 is 0 Å². The molecule has 0 atom stereocenters. The van der Waals surface area contributed by atoms with Crippen molar-refractivity contribution in [2.75, 3.05) is 0 Å². The maximum absolute atomic E-state index is 10.1. The zero-order chi connectivity index (χ0) is 11.9. The van der Waals surface area contributed by atoms with Crippen molar-refractivity contribution in [3.8, 4) is 0 Å². The molecule has 0 aliphatic heterocycles. The maximum atomic E-state index is 10.1. The van der Waals surface area contributed by atoms with Crippen molar-refractivity contribution in [2.24, 2.45) is 0 Å². The predicted octanol–water partition coefficient (Wildman–Crippen LogP) is 5.05. The van der Waals surface area contributed by atoms with Gasteiger partial charge in [0.2, 0.25) is 0 Å². The number of rotatable bonds is 12. The number of unbranched alkanes of at least 4 members (excludes halogenated alkanes) is 9. The van der Waals surface area contributed by atoms with E-state index in [2.05, 4.69) is 19.1 Å². The van der Waals surface area contributed by atoms with E-state index in [4.69, 9.17) is 0 Å². The standard InChI is InChI=1S/C15H28O/c1-2-3-4-5-6-7-8-9-10-11-12-13-14-15-16/h6-7,15H,2-5,8-14H2,1H3/b7-6-. The number of aldehydes is 1. The Bertz CT molecular complexity index is 161. The van der Waals surface area contributed by atoms with Gasteiger partial charge >= 0.3 is 0 Å². The summed E-state index contributed by atoms with van der Waals surface area (Å²) in [6.07, 6.45) is 19.2. The summed E-state index contributed by atoms with van der Waals surface area (Å²) in [4.78, 5) is 10.1. The second-order valence-corrected chi connectivity index (χ2v) is 4.48. The molecule has 0 bridgehead atoms.